The smallest absolute Gasteiger partial charge is 0.257 e. The normalized spacial score (nSPS) is 11.0. The lowest BCUT2D eigenvalue weighted by Gasteiger charge is -2.15. The van der Waals surface area contributed by atoms with Crippen LogP contribution in [0.4, 0.5) is 0 Å². The number of hydrogen-bond donors (Lipinski definition) is 0. The van der Waals surface area contributed by atoms with E-state index in [4.69, 9.17) is 0 Å². The van der Waals surface area contributed by atoms with Crippen LogP contribution in [0.25, 0.3) is 0 Å². The topological polar surface area (TPSA) is 86.3 Å². The summed E-state index contributed by atoms with van der Waals surface area (Å²) in [6, 6.07) is 16.6. The fourth-order valence-corrected chi connectivity index (χ4v) is 3.76. The maximum Gasteiger partial charge on any atom is 0.564 e. The minimum Gasteiger partial charge on any atom is -0.257 e. The van der Waals surface area contributed by atoms with E-state index in [0.29, 0.717) is 33.3 Å². The van der Waals surface area contributed by atoms with E-state index < -0.39 is 14.2 Å². The van der Waals surface area contributed by atoms with Gasteiger partial charge in [-0.1, -0.05) is 36.4 Å². The summed E-state index contributed by atoms with van der Waals surface area (Å²) in [6.45, 7) is 0. The van der Waals surface area contributed by atoms with Crippen LogP contribution in [0.2, 0.25) is 0 Å². The second kappa shape index (κ2) is 6.59. The first-order valence-corrected chi connectivity index (χ1v) is 7.45. The van der Waals surface area contributed by atoms with E-state index in [1.54, 1.807) is 60.7 Å². The van der Waals surface area contributed by atoms with Gasteiger partial charge in [-0.2, -0.15) is 0 Å². The Bertz CT molecular complexity index is 580. The average molecular weight is 322 g/mol. The monoisotopic (exact) mass is 322 g/mol. The maximum absolute atomic E-state index is 11.4. The van der Waals surface area contributed by atoms with Crippen molar-refractivity contribution in [2.45, 2.75) is 14.1 Å². The summed E-state index contributed by atoms with van der Waals surface area (Å²) in [5.74, 6) is 0. The van der Waals surface area contributed by atoms with Crippen molar-refractivity contribution in [3.63, 3.8) is 0 Å². The summed E-state index contributed by atoms with van der Waals surface area (Å²) < 4.78 is -2.41. The Morgan fingerprint density at radius 1 is 0.714 bits per heavy atom. The first-order chi connectivity index (χ1) is 10.0. The molecule has 0 heterocycles. The van der Waals surface area contributed by atoms with Crippen LogP contribution >= 0.6 is 23.5 Å². The molecular weight excluding hydrogens is 312 g/mol. The quantitative estimate of drug-likeness (QED) is 0.348. The molecule has 0 aliphatic heterocycles. The molecule has 0 aliphatic carbocycles. The molecular formula is C13H10N2O4S2. The molecule has 6 nitrogen and oxygen atoms in total. The zero-order valence-corrected chi connectivity index (χ0v) is 12.3. The van der Waals surface area contributed by atoms with Crippen LogP contribution in [0.15, 0.2) is 70.5 Å². The molecule has 0 aliphatic rings. The predicted molar refractivity (Wildman–Crippen MR) is 81.3 cm³/mol. The summed E-state index contributed by atoms with van der Waals surface area (Å²) >= 11 is 1.22. The van der Waals surface area contributed by atoms with E-state index in [2.05, 4.69) is 0 Å². The molecule has 0 saturated carbocycles. The van der Waals surface area contributed by atoms with Crippen LogP contribution in [-0.4, -0.2) is 14.2 Å². The van der Waals surface area contributed by atoms with Gasteiger partial charge in [0.2, 0.25) is 0 Å². The molecule has 0 amide bonds. The predicted octanol–water partition coefficient (Wildman–Crippen LogP) is 3.74. The minimum atomic E-state index is -2.41. The van der Waals surface area contributed by atoms with Crippen LogP contribution < -0.4 is 0 Å². The van der Waals surface area contributed by atoms with Gasteiger partial charge < -0.3 is 0 Å². The summed E-state index contributed by atoms with van der Waals surface area (Å²) in [5.41, 5.74) is 0. The van der Waals surface area contributed by atoms with Crippen molar-refractivity contribution in [2.75, 3.05) is 0 Å². The molecule has 0 atom stereocenters. The van der Waals surface area contributed by atoms with E-state index in [9.17, 15) is 20.2 Å². The summed E-state index contributed by atoms with van der Waals surface area (Å²) in [7, 11) is 0. The molecule has 0 fully saturated rings. The van der Waals surface area contributed by atoms with Crippen molar-refractivity contribution in [3.8, 4) is 0 Å². The van der Waals surface area contributed by atoms with Gasteiger partial charge in [0.1, 0.15) is 9.85 Å². The Kier molecular flexibility index (Phi) is 4.81. The Morgan fingerprint density at radius 2 is 1.05 bits per heavy atom. The van der Waals surface area contributed by atoms with Crippen molar-refractivity contribution in [2.24, 2.45) is 0 Å². The Balaban J connectivity index is 2.38. The van der Waals surface area contributed by atoms with E-state index in [1.807, 2.05) is 0 Å². The highest BCUT2D eigenvalue weighted by atomic mass is 32.2. The highest BCUT2D eigenvalue weighted by molar-refractivity contribution is 8.17. The van der Waals surface area contributed by atoms with Gasteiger partial charge in [0.05, 0.1) is 23.5 Å². The minimum absolute atomic E-state index is 0.467. The standard InChI is InChI=1S/C13H10N2O4S2/c16-14(17)13(15(18)19,20-11-7-3-1-4-8-11)21-12-9-5-2-6-10-12/h1-10H. The number of nitrogens with zero attached hydrogens (tertiary/aromatic N) is 2. The third kappa shape index (κ3) is 3.53. The number of rotatable bonds is 6. The molecule has 0 saturated heterocycles. The molecule has 0 N–H and O–H groups in total. The van der Waals surface area contributed by atoms with Crippen LogP contribution in [0, 0.1) is 20.2 Å². The first kappa shape index (κ1) is 15.3. The summed E-state index contributed by atoms with van der Waals surface area (Å²) in [5, 5.41) is 22.8. The molecule has 2 rings (SSSR count). The molecule has 0 spiro atoms. The van der Waals surface area contributed by atoms with Crippen molar-refractivity contribution in [1.82, 2.24) is 0 Å². The average Bonchev–Trinajstić information content (AvgIpc) is 2.48. The third-order valence-electron chi connectivity index (χ3n) is 2.45. The molecule has 8 heteroatoms. The number of benzene rings is 2. The van der Waals surface area contributed by atoms with E-state index in [1.165, 1.54) is 0 Å². The van der Waals surface area contributed by atoms with Gasteiger partial charge in [-0.05, 0) is 24.3 Å². The third-order valence-corrected chi connectivity index (χ3v) is 5.09. The molecule has 0 bridgehead atoms. The molecule has 21 heavy (non-hydrogen) atoms. The van der Waals surface area contributed by atoms with Crippen molar-refractivity contribution >= 4 is 23.5 Å². The van der Waals surface area contributed by atoms with Gasteiger partial charge in [-0.3, -0.25) is 20.2 Å². The number of hydrogen-bond acceptors (Lipinski definition) is 6. The fourth-order valence-electron chi connectivity index (χ4n) is 1.52. The lowest BCUT2D eigenvalue weighted by molar-refractivity contribution is -0.728. The van der Waals surface area contributed by atoms with Crippen LogP contribution in [0.3, 0.4) is 0 Å². The zero-order chi connectivity index (χ0) is 15.3. The number of thioether (sulfide) groups is 2. The van der Waals surface area contributed by atoms with Crippen LogP contribution in [0.5, 0.6) is 0 Å². The highest BCUT2D eigenvalue weighted by Crippen LogP contribution is 2.46. The fraction of sp³-hybridized carbons (Fsp3) is 0.0769. The van der Waals surface area contributed by atoms with Gasteiger partial charge in [-0.25, -0.2) is 0 Å². The Labute approximate surface area is 128 Å². The first-order valence-electron chi connectivity index (χ1n) is 5.82. The lowest BCUT2D eigenvalue weighted by atomic mass is 10.4. The van der Waals surface area contributed by atoms with Gasteiger partial charge >= 0.3 is 4.33 Å². The van der Waals surface area contributed by atoms with E-state index in [-0.39, 0.29) is 0 Å². The second-order valence-electron chi connectivity index (χ2n) is 3.89. The van der Waals surface area contributed by atoms with Crippen molar-refractivity contribution < 1.29 is 9.85 Å². The van der Waals surface area contributed by atoms with Crippen molar-refractivity contribution in [3.05, 3.63) is 80.9 Å². The Hall–Kier alpha value is -2.06. The number of nitro groups is 2. The van der Waals surface area contributed by atoms with Gasteiger partial charge in [0.15, 0.2) is 0 Å². The SMILES string of the molecule is O=[N+]([O-])C(Sc1ccccc1)(Sc1ccccc1)[N+](=O)[O-]. The van der Waals surface area contributed by atoms with Gasteiger partial charge in [0.25, 0.3) is 0 Å². The van der Waals surface area contributed by atoms with Gasteiger partial charge in [0, 0.05) is 9.79 Å². The largest absolute Gasteiger partial charge is 0.564 e. The van der Waals surface area contributed by atoms with Crippen molar-refractivity contribution in [1.29, 1.82) is 0 Å². The van der Waals surface area contributed by atoms with Gasteiger partial charge in [-0.15, -0.1) is 0 Å². The van der Waals surface area contributed by atoms with E-state index >= 15 is 0 Å². The van der Waals surface area contributed by atoms with E-state index in [0.717, 1.165) is 0 Å². The molecule has 2 aromatic carbocycles. The lowest BCUT2D eigenvalue weighted by Crippen LogP contribution is -2.39. The van der Waals surface area contributed by atoms with Crippen LogP contribution in [-0.2, 0) is 0 Å². The summed E-state index contributed by atoms with van der Waals surface area (Å²) in [6.07, 6.45) is 0. The Morgan fingerprint density at radius 3 is 1.33 bits per heavy atom. The highest BCUT2D eigenvalue weighted by Gasteiger charge is 2.59. The molecule has 0 aromatic heterocycles. The van der Waals surface area contributed by atoms with Crippen LogP contribution in [0.1, 0.15) is 0 Å². The molecule has 0 unspecified atom stereocenters. The second-order valence-corrected chi connectivity index (χ2v) is 6.64. The molecule has 2 aromatic rings. The molecule has 108 valence electrons. The summed E-state index contributed by atoms with van der Waals surface area (Å²) in [4.78, 5) is 22.0. The zero-order valence-electron chi connectivity index (χ0n) is 10.6. The maximum atomic E-state index is 11.4. The molecule has 0 radical (unpaired) electrons.